The molecule has 0 rings (SSSR count). The number of unbranched alkanes of at least 4 members (excludes halogenated alkanes) is 54. The number of aliphatic hydroxyl groups excluding tert-OH is 1. The average Bonchev–Trinajstić information content (AvgIpc) is 0.908. The minimum atomic E-state index is -4.97. The lowest BCUT2D eigenvalue weighted by Crippen LogP contribution is -2.30. The molecule has 0 amide bonds. The monoisotopic (exact) mass is 1500 g/mol. The lowest BCUT2D eigenvalue weighted by Gasteiger charge is -2.21. The minimum Gasteiger partial charge on any atom is -0.462 e. The van der Waals surface area contributed by atoms with Crippen LogP contribution in [0.3, 0.4) is 0 Å². The van der Waals surface area contributed by atoms with Crippen molar-refractivity contribution in [3.8, 4) is 0 Å². The van der Waals surface area contributed by atoms with E-state index < -0.39 is 97.5 Å². The molecule has 5 atom stereocenters. The molecule has 0 aliphatic heterocycles. The molecule has 0 aliphatic rings. The van der Waals surface area contributed by atoms with Crippen LogP contribution in [0.1, 0.15) is 432 Å². The van der Waals surface area contributed by atoms with Crippen LogP contribution in [-0.4, -0.2) is 96.7 Å². The Balaban J connectivity index is 5.19. The highest BCUT2D eigenvalue weighted by molar-refractivity contribution is 7.47. The van der Waals surface area contributed by atoms with Gasteiger partial charge in [-0.05, 0) is 51.4 Å². The van der Waals surface area contributed by atoms with Crippen LogP contribution >= 0.6 is 15.6 Å². The van der Waals surface area contributed by atoms with Crippen LogP contribution in [-0.2, 0) is 65.4 Å². The van der Waals surface area contributed by atoms with Crippen LogP contribution in [0, 0.1) is 0 Å². The number of carbonyl (C=O) groups is 4. The van der Waals surface area contributed by atoms with Crippen LogP contribution in [0.5, 0.6) is 0 Å². The van der Waals surface area contributed by atoms with E-state index in [-0.39, 0.29) is 25.7 Å². The fraction of sp³-hybridized carbons (Fsp3) is 0.905. The number of esters is 4. The quantitative estimate of drug-likeness (QED) is 0.0169. The van der Waals surface area contributed by atoms with Crippen LogP contribution in [0.25, 0.3) is 0 Å². The first-order valence-electron chi connectivity index (χ1n) is 43.1. The van der Waals surface area contributed by atoms with Crippen LogP contribution in [0.4, 0.5) is 0 Å². The van der Waals surface area contributed by atoms with Crippen molar-refractivity contribution < 1.29 is 80.2 Å². The van der Waals surface area contributed by atoms with E-state index in [0.29, 0.717) is 25.7 Å². The van der Waals surface area contributed by atoms with Gasteiger partial charge in [-0.2, -0.15) is 0 Å². The van der Waals surface area contributed by atoms with Crippen molar-refractivity contribution >= 4 is 39.5 Å². The highest BCUT2D eigenvalue weighted by Gasteiger charge is 2.30. The van der Waals surface area contributed by atoms with Gasteiger partial charge in [0.15, 0.2) is 12.2 Å². The van der Waals surface area contributed by atoms with Crippen LogP contribution in [0.15, 0.2) is 24.3 Å². The number of aliphatic hydroxyl groups is 1. The SMILES string of the molecule is CCCCCC/C=C\C=C/CCCCCCCC(=O)O[C@H](COC(=O)CCCCCCCCC)COP(=O)(O)OC[C@H](O)COP(=O)(O)OC[C@@H](COC(=O)CCCCCCCCCCCCCCCCCCCCCC)OC(=O)CCCCCCCCCCCCCCCCCCCCCCC. The summed E-state index contributed by atoms with van der Waals surface area (Å²) >= 11 is 0. The number of rotatable bonds is 83. The lowest BCUT2D eigenvalue weighted by molar-refractivity contribution is -0.161. The fourth-order valence-corrected chi connectivity index (χ4v) is 14.2. The van der Waals surface area contributed by atoms with Gasteiger partial charge in [0.25, 0.3) is 0 Å². The van der Waals surface area contributed by atoms with Gasteiger partial charge in [0, 0.05) is 25.7 Å². The molecule has 0 aromatic heterocycles. The van der Waals surface area contributed by atoms with Gasteiger partial charge in [0.2, 0.25) is 0 Å². The molecule has 0 saturated carbocycles. The summed E-state index contributed by atoms with van der Waals surface area (Å²) in [5.41, 5.74) is 0. The molecule has 0 heterocycles. The molecule has 17 nitrogen and oxygen atoms in total. The van der Waals surface area contributed by atoms with E-state index in [1.807, 2.05) is 0 Å². The predicted molar refractivity (Wildman–Crippen MR) is 423 cm³/mol. The summed E-state index contributed by atoms with van der Waals surface area (Å²) in [5.74, 6) is -2.14. The number of carbonyl (C=O) groups excluding carboxylic acids is 4. The van der Waals surface area contributed by atoms with Gasteiger partial charge in [0.05, 0.1) is 26.4 Å². The van der Waals surface area contributed by atoms with Gasteiger partial charge in [-0.3, -0.25) is 37.3 Å². The van der Waals surface area contributed by atoms with Crippen molar-refractivity contribution in [1.82, 2.24) is 0 Å². The Morgan fingerprint density at radius 2 is 0.466 bits per heavy atom. The van der Waals surface area contributed by atoms with E-state index in [2.05, 4.69) is 52.0 Å². The smallest absolute Gasteiger partial charge is 0.462 e. The molecule has 0 aromatic carbocycles. The maximum atomic E-state index is 13.1. The van der Waals surface area contributed by atoms with Gasteiger partial charge in [-0.25, -0.2) is 9.13 Å². The Kier molecular flexibility index (Phi) is 75.8. The summed E-state index contributed by atoms with van der Waals surface area (Å²) in [6.07, 6.45) is 74.7. The first-order chi connectivity index (χ1) is 50.2. The van der Waals surface area contributed by atoms with Gasteiger partial charge >= 0.3 is 39.5 Å². The van der Waals surface area contributed by atoms with Crippen molar-refractivity contribution in [3.63, 3.8) is 0 Å². The second kappa shape index (κ2) is 77.7. The van der Waals surface area contributed by atoms with E-state index in [1.165, 1.54) is 238 Å². The standard InChI is InChI=1S/C84H160O17P2/c1-5-9-13-17-21-24-27-30-33-35-37-39-41-43-46-49-52-55-59-63-67-71-84(89)101-80(75-95-82(87)69-65-61-57-53-50-47-45-42-40-38-36-34-31-28-25-22-18-14-10-6-2)77-99-103(92,93)97-73-78(85)72-96-102(90,91)98-76-79(74-94-81(86)68-64-60-56-20-16-12-8-4)100-83(88)70-66-62-58-54-51-48-44-32-29-26-23-19-15-11-7-3/h26,29,32,44,78-80,85H,5-25,27-28,30-31,33-43,45-77H2,1-4H3,(H,90,91)(H,92,93)/b29-26-,44-32-/t78-,79+,80+/m0/s1. The first kappa shape index (κ1) is 101. The number of ether oxygens (including phenoxy) is 4. The molecule has 3 N–H and O–H groups in total. The molecule has 0 aromatic rings. The third-order valence-electron chi connectivity index (χ3n) is 19.2. The van der Waals surface area contributed by atoms with E-state index in [9.17, 15) is 43.2 Å². The lowest BCUT2D eigenvalue weighted by atomic mass is 10.0. The minimum absolute atomic E-state index is 0.0853. The van der Waals surface area contributed by atoms with Crippen LogP contribution in [0.2, 0.25) is 0 Å². The molecular formula is C84H160O17P2. The molecule has 0 aliphatic carbocycles. The second-order valence-corrected chi connectivity index (χ2v) is 32.4. The number of hydrogen-bond donors (Lipinski definition) is 3. The zero-order valence-corrected chi connectivity index (χ0v) is 68.6. The van der Waals surface area contributed by atoms with Gasteiger partial charge in [-0.15, -0.1) is 0 Å². The van der Waals surface area contributed by atoms with Crippen molar-refractivity contribution in [1.29, 1.82) is 0 Å². The van der Waals surface area contributed by atoms with Crippen molar-refractivity contribution in [2.75, 3.05) is 39.6 Å². The molecule has 0 radical (unpaired) electrons. The zero-order chi connectivity index (χ0) is 75.3. The average molecular weight is 1500 g/mol. The van der Waals surface area contributed by atoms with Gasteiger partial charge in [0.1, 0.15) is 19.3 Å². The Morgan fingerprint density at radius 3 is 0.709 bits per heavy atom. The summed E-state index contributed by atoms with van der Waals surface area (Å²) in [6, 6.07) is 0. The summed E-state index contributed by atoms with van der Waals surface area (Å²) in [5, 5.41) is 10.6. The fourth-order valence-electron chi connectivity index (χ4n) is 12.6. The summed E-state index contributed by atoms with van der Waals surface area (Å²) in [4.78, 5) is 72.9. The molecule has 0 bridgehead atoms. The van der Waals surface area contributed by atoms with Gasteiger partial charge in [-0.1, -0.05) is 379 Å². The third-order valence-corrected chi connectivity index (χ3v) is 21.1. The van der Waals surface area contributed by atoms with E-state index in [1.54, 1.807) is 0 Å². The largest absolute Gasteiger partial charge is 0.472 e. The molecule has 103 heavy (non-hydrogen) atoms. The molecule has 2 unspecified atom stereocenters. The number of phosphoric acid groups is 2. The molecule has 19 heteroatoms. The summed E-state index contributed by atoms with van der Waals surface area (Å²) in [7, 11) is -9.93. The van der Waals surface area contributed by atoms with Crippen LogP contribution < -0.4 is 0 Å². The topological polar surface area (TPSA) is 237 Å². The Morgan fingerprint density at radius 1 is 0.272 bits per heavy atom. The van der Waals surface area contributed by atoms with E-state index in [0.717, 1.165) is 116 Å². The highest BCUT2D eigenvalue weighted by atomic mass is 31.2. The Hall–Kier alpha value is -2.46. The molecule has 0 saturated heterocycles. The molecule has 608 valence electrons. The summed E-state index contributed by atoms with van der Waals surface area (Å²) in [6.45, 7) is 4.93. The second-order valence-electron chi connectivity index (χ2n) is 29.5. The van der Waals surface area contributed by atoms with Crippen molar-refractivity contribution in [2.24, 2.45) is 0 Å². The molecule has 0 fully saturated rings. The first-order valence-corrected chi connectivity index (χ1v) is 46.1. The molecular weight excluding hydrogens is 1340 g/mol. The number of phosphoric ester groups is 2. The predicted octanol–water partition coefficient (Wildman–Crippen LogP) is 25.3. The maximum Gasteiger partial charge on any atom is 0.472 e. The zero-order valence-electron chi connectivity index (χ0n) is 66.8. The number of hydrogen-bond acceptors (Lipinski definition) is 15. The van der Waals surface area contributed by atoms with E-state index in [4.69, 9.17) is 37.0 Å². The van der Waals surface area contributed by atoms with E-state index >= 15 is 0 Å². The van der Waals surface area contributed by atoms with Crippen molar-refractivity contribution in [3.05, 3.63) is 24.3 Å². The Bertz CT molecular complexity index is 2040. The normalized spacial score (nSPS) is 13.9. The summed E-state index contributed by atoms with van der Waals surface area (Å²) < 4.78 is 68.6. The van der Waals surface area contributed by atoms with Gasteiger partial charge < -0.3 is 33.8 Å². The number of allylic oxidation sites excluding steroid dienone is 4. The third kappa shape index (κ3) is 77.5. The van der Waals surface area contributed by atoms with Crippen molar-refractivity contribution in [2.45, 2.75) is 451 Å². The Labute approximate surface area is 631 Å². The molecule has 0 spiro atoms. The highest BCUT2D eigenvalue weighted by Crippen LogP contribution is 2.45. The maximum absolute atomic E-state index is 13.1.